The number of anilines is 1. The number of aromatic nitrogens is 2. The minimum Gasteiger partial charge on any atom is -0.461 e. The molecular weight excluding hydrogens is 346 g/mol. The van der Waals surface area contributed by atoms with Crippen LogP contribution in [0.15, 0.2) is 24.5 Å². The van der Waals surface area contributed by atoms with Crippen molar-refractivity contribution >= 4 is 37.2 Å². The smallest absolute Gasteiger partial charge is 0.358 e. The maximum atomic E-state index is 11.8. The number of imidazole rings is 1. The van der Waals surface area contributed by atoms with Crippen molar-refractivity contribution in [1.82, 2.24) is 9.38 Å². The number of fused-ring (bicyclic) bond motifs is 1. The number of nitrogens with one attached hydrogen (secondary N) is 1. The van der Waals surface area contributed by atoms with Gasteiger partial charge in [0.2, 0.25) is 10.0 Å². The summed E-state index contributed by atoms with van der Waals surface area (Å²) >= 11 is 0. The van der Waals surface area contributed by atoms with Gasteiger partial charge in [-0.1, -0.05) is 0 Å². The molecule has 126 valence electrons. The molecule has 2 rings (SSSR count). The summed E-state index contributed by atoms with van der Waals surface area (Å²) in [5, 5.41) is -1.02. The van der Waals surface area contributed by atoms with Gasteiger partial charge in [-0.25, -0.2) is 26.6 Å². The van der Waals surface area contributed by atoms with E-state index in [1.807, 2.05) is 0 Å². The molecule has 0 amide bonds. The van der Waals surface area contributed by atoms with E-state index in [-0.39, 0.29) is 18.0 Å². The molecule has 0 atom stereocenters. The molecule has 2 heterocycles. The van der Waals surface area contributed by atoms with E-state index in [1.165, 1.54) is 28.9 Å². The number of hydrogen-bond acceptors (Lipinski definition) is 7. The van der Waals surface area contributed by atoms with Gasteiger partial charge in [0.05, 0.1) is 12.3 Å². The molecule has 0 aliphatic heterocycles. The average Bonchev–Trinajstić information content (AvgIpc) is 2.78. The predicted octanol–water partition coefficient (Wildman–Crippen LogP) is 0.255. The molecular formula is C12H15N3O6S2. The van der Waals surface area contributed by atoms with E-state index in [4.69, 9.17) is 4.74 Å². The number of sulfonamides is 1. The van der Waals surface area contributed by atoms with Crippen LogP contribution in [0.3, 0.4) is 0 Å². The Kier molecular flexibility index (Phi) is 4.61. The Hall–Kier alpha value is -2.14. The van der Waals surface area contributed by atoms with Crippen LogP contribution < -0.4 is 4.72 Å². The van der Waals surface area contributed by atoms with Crippen molar-refractivity contribution in [2.24, 2.45) is 0 Å². The lowest BCUT2D eigenvalue weighted by atomic mass is 10.4. The molecule has 0 bridgehead atoms. The van der Waals surface area contributed by atoms with Crippen LogP contribution in [-0.4, -0.2) is 50.1 Å². The van der Waals surface area contributed by atoms with E-state index in [0.29, 0.717) is 5.65 Å². The minimum absolute atomic E-state index is 0.0861. The number of ether oxygens (including phenoxy) is 1. The number of rotatable bonds is 6. The van der Waals surface area contributed by atoms with Crippen molar-refractivity contribution in [2.45, 2.75) is 6.92 Å². The zero-order valence-electron chi connectivity index (χ0n) is 12.4. The highest BCUT2D eigenvalue weighted by molar-refractivity contribution is 8.08. The van der Waals surface area contributed by atoms with Crippen LogP contribution in [0.4, 0.5) is 5.69 Å². The summed E-state index contributed by atoms with van der Waals surface area (Å²) < 4.78 is 54.2. The van der Waals surface area contributed by atoms with Crippen molar-refractivity contribution < 1.29 is 26.4 Å². The third-order valence-electron chi connectivity index (χ3n) is 2.58. The van der Waals surface area contributed by atoms with Crippen LogP contribution in [0.5, 0.6) is 0 Å². The van der Waals surface area contributed by atoms with Gasteiger partial charge in [0, 0.05) is 18.6 Å². The first-order chi connectivity index (χ1) is 10.6. The fourth-order valence-corrected chi connectivity index (χ4v) is 4.82. The molecule has 0 unspecified atom stereocenters. The second-order valence-corrected chi connectivity index (χ2v) is 9.02. The number of pyridine rings is 1. The lowest BCUT2D eigenvalue weighted by Gasteiger charge is -2.07. The van der Waals surface area contributed by atoms with Crippen LogP contribution >= 0.6 is 0 Å². The van der Waals surface area contributed by atoms with Gasteiger partial charge in [-0.2, -0.15) is 0 Å². The molecule has 9 nitrogen and oxygen atoms in total. The van der Waals surface area contributed by atoms with Gasteiger partial charge in [-0.15, -0.1) is 0 Å². The van der Waals surface area contributed by atoms with E-state index in [1.54, 1.807) is 6.92 Å². The molecule has 0 radical (unpaired) electrons. The van der Waals surface area contributed by atoms with Crippen LogP contribution in [0.25, 0.3) is 5.65 Å². The molecule has 0 fully saturated rings. The third-order valence-corrected chi connectivity index (χ3v) is 6.08. The van der Waals surface area contributed by atoms with Gasteiger partial charge in [0.15, 0.2) is 20.6 Å². The highest BCUT2D eigenvalue weighted by atomic mass is 32.3. The molecule has 2 aromatic rings. The fraction of sp³-hybridized carbons (Fsp3) is 0.333. The largest absolute Gasteiger partial charge is 0.461 e. The number of carbonyl (C=O) groups excluding carboxylic acids is 1. The number of sulfone groups is 1. The quantitative estimate of drug-likeness (QED) is 0.732. The number of hydrogen-bond donors (Lipinski definition) is 1. The SMILES string of the molecule is CCOC(=O)c1cn2cc(NS(=O)(=O)CS(C)(=O)=O)ccc2n1. The Labute approximate surface area is 133 Å². The molecule has 0 aliphatic carbocycles. The van der Waals surface area contributed by atoms with E-state index >= 15 is 0 Å². The van der Waals surface area contributed by atoms with Crippen LogP contribution in [0.2, 0.25) is 0 Å². The van der Waals surface area contributed by atoms with Gasteiger partial charge < -0.3 is 9.14 Å². The summed E-state index contributed by atoms with van der Waals surface area (Å²) in [5.41, 5.74) is 0.649. The molecule has 0 saturated heterocycles. The first kappa shape index (κ1) is 17.2. The van der Waals surface area contributed by atoms with Crippen molar-refractivity contribution in [3.8, 4) is 0 Å². The van der Waals surface area contributed by atoms with Gasteiger partial charge in [-0.3, -0.25) is 4.72 Å². The topological polar surface area (TPSA) is 124 Å². The lowest BCUT2D eigenvalue weighted by Crippen LogP contribution is -2.22. The predicted molar refractivity (Wildman–Crippen MR) is 83.4 cm³/mol. The molecule has 11 heteroatoms. The third kappa shape index (κ3) is 4.66. The van der Waals surface area contributed by atoms with Gasteiger partial charge >= 0.3 is 5.97 Å². The molecule has 0 saturated carbocycles. The first-order valence-corrected chi connectivity index (χ1v) is 10.1. The van der Waals surface area contributed by atoms with Crippen molar-refractivity contribution in [2.75, 3.05) is 22.7 Å². The highest BCUT2D eigenvalue weighted by Gasteiger charge is 2.18. The Bertz CT molecular complexity index is 946. The van der Waals surface area contributed by atoms with E-state index in [2.05, 4.69) is 9.71 Å². The van der Waals surface area contributed by atoms with Crippen molar-refractivity contribution in [3.05, 3.63) is 30.2 Å². The zero-order valence-corrected chi connectivity index (χ0v) is 14.0. The molecule has 0 aromatic carbocycles. The summed E-state index contributed by atoms with van der Waals surface area (Å²) in [5.74, 6) is -0.588. The molecule has 2 aromatic heterocycles. The lowest BCUT2D eigenvalue weighted by molar-refractivity contribution is 0.0520. The first-order valence-electron chi connectivity index (χ1n) is 6.44. The monoisotopic (exact) mass is 361 g/mol. The maximum absolute atomic E-state index is 11.8. The second-order valence-electron chi connectivity index (χ2n) is 4.79. The van der Waals surface area contributed by atoms with E-state index in [9.17, 15) is 21.6 Å². The fourth-order valence-electron chi connectivity index (χ4n) is 1.85. The molecule has 0 spiro atoms. The Morgan fingerprint density at radius 3 is 2.57 bits per heavy atom. The van der Waals surface area contributed by atoms with Crippen molar-refractivity contribution in [3.63, 3.8) is 0 Å². The van der Waals surface area contributed by atoms with E-state index < -0.39 is 30.9 Å². The molecule has 0 aliphatic rings. The Morgan fingerprint density at radius 2 is 1.96 bits per heavy atom. The van der Waals surface area contributed by atoms with Gasteiger partial charge in [0.1, 0.15) is 5.65 Å². The van der Waals surface area contributed by atoms with Crippen LogP contribution in [0.1, 0.15) is 17.4 Å². The Balaban J connectivity index is 2.28. The normalized spacial score (nSPS) is 12.3. The standard InChI is InChI=1S/C12H15N3O6S2/c1-3-21-12(16)10-7-15-6-9(4-5-11(15)13-10)14-23(19,20)8-22(2,17)18/h4-7,14H,3,8H2,1-2H3. The molecule has 23 heavy (non-hydrogen) atoms. The summed E-state index contributed by atoms with van der Waals surface area (Å²) in [6, 6.07) is 2.90. The van der Waals surface area contributed by atoms with Crippen molar-refractivity contribution in [1.29, 1.82) is 0 Å². The van der Waals surface area contributed by atoms with Crippen LogP contribution in [0, 0.1) is 0 Å². The van der Waals surface area contributed by atoms with Crippen LogP contribution in [-0.2, 0) is 24.6 Å². The Morgan fingerprint density at radius 1 is 1.26 bits per heavy atom. The minimum atomic E-state index is -4.04. The summed E-state index contributed by atoms with van der Waals surface area (Å²) in [6.45, 7) is 1.88. The average molecular weight is 361 g/mol. The second kappa shape index (κ2) is 6.16. The number of carbonyl (C=O) groups is 1. The van der Waals surface area contributed by atoms with Gasteiger partial charge in [-0.05, 0) is 19.1 Å². The van der Waals surface area contributed by atoms with Gasteiger partial charge in [0.25, 0.3) is 0 Å². The number of esters is 1. The highest BCUT2D eigenvalue weighted by Crippen LogP contribution is 2.14. The maximum Gasteiger partial charge on any atom is 0.358 e. The summed E-state index contributed by atoms with van der Waals surface area (Å²) in [4.78, 5) is 15.7. The summed E-state index contributed by atoms with van der Waals surface area (Å²) in [7, 11) is -7.73. The summed E-state index contributed by atoms with van der Waals surface area (Å²) in [6.07, 6.45) is 3.60. The molecule has 1 N–H and O–H groups in total. The number of nitrogens with zero attached hydrogens (tertiary/aromatic N) is 2. The zero-order chi connectivity index (χ0) is 17.3. The van der Waals surface area contributed by atoms with E-state index in [0.717, 1.165) is 6.26 Å².